The van der Waals surface area contributed by atoms with Gasteiger partial charge in [0, 0.05) is 5.56 Å². The lowest BCUT2D eigenvalue weighted by Crippen LogP contribution is -2.42. The number of urea groups is 1. The summed E-state index contributed by atoms with van der Waals surface area (Å²) in [7, 11) is 0. The van der Waals surface area contributed by atoms with Crippen LogP contribution in [0.3, 0.4) is 0 Å². The van der Waals surface area contributed by atoms with E-state index in [0.717, 1.165) is 6.21 Å². The fourth-order valence-corrected chi connectivity index (χ4v) is 1.92. The lowest BCUT2D eigenvalue weighted by molar-refractivity contribution is -0.130. The van der Waals surface area contributed by atoms with Gasteiger partial charge in [0.05, 0.1) is 6.21 Å². The van der Waals surface area contributed by atoms with Gasteiger partial charge < -0.3 is 10.1 Å². The highest BCUT2D eigenvalue weighted by molar-refractivity contribution is 6.07. The zero-order valence-corrected chi connectivity index (χ0v) is 12.0. The van der Waals surface area contributed by atoms with Crippen LogP contribution >= 0.6 is 0 Å². The van der Waals surface area contributed by atoms with E-state index in [0.29, 0.717) is 11.4 Å². The van der Waals surface area contributed by atoms with E-state index >= 15 is 0 Å². The molecule has 1 aromatic carbocycles. The number of nitrogens with zero attached hydrogens (tertiary/aromatic N) is 2. The maximum atomic E-state index is 12.3. The molecule has 1 aromatic rings. The summed E-state index contributed by atoms with van der Waals surface area (Å²) in [6.45, 7) is 0.378. The zero-order valence-electron chi connectivity index (χ0n) is 12.0. The summed E-state index contributed by atoms with van der Waals surface area (Å²) in [5.41, 5.74) is -0.776. The van der Waals surface area contributed by atoms with E-state index in [2.05, 4.69) is 15.2 Å². The second-order valence-electron chi connectivity index (χ2n) is 4.89. The predicted molar refractivity (Wildman–Crippen MR) is 74.7 cm³/mol. The molecule has 0 unspecified atom stereocenters. The van der Waals surface area contributed by atoms with Gasteiger partial charge in [0.25, 0.3) is 5.91 Å². The molecule has 1 saturated heterocycles. The molecule has 6 nitrogen and oxygen atoms in total. The number of imide groups is 1. The Bertz CT molecular complexity index is 621. The van der Waals surface area contributed by atoms with Crippen LogP contribution in [0.2, 0.25) is 0 Å². The van der Waals surface area contributed by atoms with Crippen molar-refractivity contribution in [1.82, 2.24) is 10.3 Å². The number of hydrazone groups is 1. The lowest BCUT2D eigenvalue weighted by atomic mass is 10.00. The Hall–Kier alpha value is -2.51. The van der Waals surface area contributed by atoms with Gasteiger partial charge in [0.1, 0.15) is 11.3 Å². The smallest absolute Gasteiger partial charge is 0.387 e. The standard InChI is InChI=1S/C14H15F2N3O3/c1-3-14(2)11(20)19(13(21)18-14)17-8-9-6-4-5-7-10(9)22-12(15)16/h4-8,12H,3H2,1-2H3,(H,18,21)/b17-8-/t14-/m0/s1. The maximum absolute atomic E-state index is 12.3. The van der Waals surface area contributed by atoms with Crippen LogP contribution < -0.4 is 10.1 Å². The van der Waals surface area contributed by atoms with Crippen molar-refractivity contribution < 1.29 is 23.1 Å². The largest absolute Gasteiger partial charge is 0.434 e. The molecule has 0 aromatic heterocycles. The number of hydrogen-bond acceptors (Lipinski definition) is 4. The number of rotatable bonds is 5. The van der Waals surface area contributed by atoms with Crippen molar-refractivity contribution in [2.45, 2.75) is 32.4 Å². The highest BCUT2D eigenvalue weighted by atomic mass is 19.3. The molecule has 0 saturated carbocycles. The summed E-state index contributed by atoms with van der Waals surface area (Å²) in [6.07, 6.45) is 1.55. The summed E-state index contributed by atoms with van der Waals surface area (Å²) in [5.74, 6) is -0.588. The zero-order chi connectivity index (χ0) is 16.3. The van der Waals surface area contributed by atoms with Gasteiger partial charge in [-0.2, -0.15) is 13.9 Å². The molecule has 1 heterocycles. The molecule has 0 bridgehead atoms. The molecule has 1 N–H and O–H groups in total. The number of hydrogen-bond donors (Lipinski definition) is 1. The number of benzene rings is 1. The van der Waals surface area contributed by atoms with Crippen LogP contribution in [0.4, 0.5) is 13.6 Å². The first-order valence-electron chi connectivity index (χ1n) is 6.62. The van der Waals surface area contributed by atoms with Crippen molar-refractivity contribution in [1.29, 1.82) is 0 Å². The van der Waals surface area contributed by atoms with Crippen molar-refractivity contribution in [3.05, 3.63) is 29.8 Å². The predicted octanol–water partition coefficient (Wildman–Crippen LogP) is 2.34. The summed E-state index contributed by atoms with van der Waals surface area (Å²) < 4.78 is 29.0. The van der Waals surface area contributed by atoms with Gasteiger partial charge in [-0.15, -0.1) is 5.01 Å². The Morgan fingerprint density at radius 1 is 1.41 bits per heavy atom. The minimum Gasteiger partial charge on any atom is -0.434 e. The Kier molecular flexibility index (Phi) is 4.39. The Morgan fingerprint density at radius 3 is 2.68 bits per heavy atom. The van der Waals surface area contributed by atoms with E-state index < -0.39 is 24.1 Å². The van der Waals surface area contributed by atoms with Crippen LogP contribution in [-0.4, -0.2) is 35.3 Å². The average Bonchev–Trinajstić information content (AvgIpc) is 2.69. The minimum absolute atomic E-state index is 0.0912. The molecule has 1 aliphatic rings. The van der Waals surface area contributed by atoms with Crippen LogP contribution in [0, 0.1) is 0 Å². The average molecular weight is 311 g/mol. The summed E-state index contributed by atoms with van der Waals surface area (Å²) >= 11 is 0. The van der Waals surface area contributed by atoms with E-state index in [-0.39, 0.29) is 11.3 Å². The highest BCUT2D eigenvalue weighted by Gasteiger charge is 2.46. The Morgan fingerprint density at radius 2 is 2.09 bits per heavy atom. The van der Waals surface area contributed by atoms with Gasteiger partial charge in [-0.05, 0) is 25.5 Å². The topological polar surface area (TPSA) is 71.0 Å². The minimum atomic E-state index is -2.98. The van der Waals surface area contributed by atoms with E-state index in [9.17, 15) is 18.4 Å². The van der Waals surface area contributed by atoms with Crippen LogP contribution in [0.25, 0.3) is 0 Å². The van der Waals surface area contributed by atoms with Crippen molar-refractivity contribution in [2.75, 3.05) is 0 Å². The van der Waals surface area contributed by atoms with Gasteiger partial charge in [-0.3, -0.25) is 4.79 Å². The SMILES string of the molecule is CC[C@]1(C)NC(=O)N(/N=C\c2ccccc2OC(F)F)C1=O. The highest BCUT2D eigenvalue weighted by Crippen LogP contribution is 2.22. The second kappa shape index (κ2) is 6.08. The third-order valence-electron chi connectivity index (χ3n) is 3.39. The summed E-state index contributed by atoms with van der Waals surface area (Å²) in [4.78, 5) is 23.9. The molecular formula is C14H15F2N3O3. The van der Waals surface area contributed by atoms with Gasteiger partial charge >= 0.3 is 12.6 Å². The Balaban J connectivity index is 2.23. The number of halogens is 2. The number of ether oxygens (including phenoxy) is 1. The van der Waals surface area contributed by atoms with E-state index in [1.807, 2.05) is 0 Å². The molecule has 0 spiro atoms. The normalized spacial score (nSPS) is 21.8. The molecule has 3 amide bonds. The number of carbonyl (C=O) groups excluding carboxylic acids is 2. The van der Waals surface area contributed by atoms with E-state index in [4.69, 9.17) is 0 Å². The van der Waals surface area contributed by atoms with Gasteiger partial charge in [-0.1, -0.05) is 19.1 Å². The number of amides is 3. The summed E-state index contributed by atoms with van der Waals surface area (Å²) in [5, 5.41) is 7.01. The second-order valence-corrected chi connectivity index (χ2v) is 4.89. The van der Waals surface area contributed by atoms with Gasteiger partial charge in [0.2, 0.25) is 0 Å². The molecule has 8 heteroatoms. The fourth-order valence-electron chi connectivity index (χ4n) is 1.92. The van der Waals surface area contributed by atoms with E-state index in [1.165, 1.54) is 18.2 Å². The first-order valence-corrected chi connectivity index (χ1v) is 6.62. The van der Waals surface area contributed by atoms with Gasteiger partial charge in [0.15, 0.2) is 0 Å². The molecule has 0 aliphatic carbocycles. The van der Waals surface area contributed by atoms with Crippen LogP contribution in [0.15, 0.2) is 29.4 Å². The monoisotopic (exact) mass is 311 g/mol. The molecular weight excluding hydrogens is 296 g/mol. The van der Waals surface area contributed by atoms with Crippen LogP contribution in [0.1, 0.15) is 25.8 Å². The first kappa shape index (κ1) is 15.9. The quantitative estimate of drug-likeness (QED) is 0.670. The number of para-hydroxylation sites is 1. The van der Waals surface area contributed by atoms with Crippen molar-refractivity contribution in [2.24, 2.45) is 5.10 Å². The lowest BCUT2D eigenvalue weighted by Gasteiger charge is -2.17. The molecule has 22 heavy (non-hydrogen) atoms. The molecule has 1 fully saturated rings. The van der Waals surface area contributed by atoms with Crippen molar-refractivity contribution in [3.63, 3.8) is 0 Å². The number of alkyl halides is 2. The maximum Gasteiger partial charge on any atom is 0.387 e. The Labute approximate surface area is 125 Å². The third kappa shape index (κ3) is 3.05. The molecule has 0 radical (unpaired) electrons. The molecule has 1 atom stereocenters. The summed E-state index contributed by atoms with van der Waals surface area (Å²) in [6, 6.07) is 5.30. The van der Waals surface area contributed by atoms with E-state index in [1.54, 1.807) is 19.9 Å². The first-order chi connectivity index (χ1) is 10.4. The molecule has 1 aliphatic heterocycles. The number of carbonyl (C=O) groups is 2. The van der Waals surface area contributed by atoms with Crippen molar-refractivity contribution >= 4 is 18.2 Å². The fraction of sp³-hybridized carbons (Fsp3) is 0.357. The van der Waals surface area contributed by atoms with Crippen LogP contribution in [-0.2, 0) is 4.79 Å². The number of nitrogens with one attached hydrogen (secondary N) is 1. The third-order valence-corrected chi connectivity index (χ3v) is 3.39. The van der Waals surface area contributed by atoms with Crippen molar-refractivity contribution in [3.8, 4) is 5.75 Å². The van der Waals surface area contributed by atoms with Gasteiger partial charge in [-0.25, -0.2) is 4.79 Å². The molecule has 2 rings (SSSR count). The van der Waals surface area contributed by atoms with Crippen LogP contribution in [0.5, 0.6) is 5.75 Å². The molecule has 118 valence electrons.